The van der Waals surface area contributed by atoms with Crippen molar-refractivity contribution in [2.75, 3.05) is 0 Å². The van der Waals surface area contributed by atoms with Crippen LogP contribution in [0.3, 0.4) is 0 Å². The van der Waals surface area contributed by atoms with Crippen molar-refractivity contribution in [2.45, 2.75) is 19.3 Å². The summed E-state index contributed by atoms with van der Waals surface area (Å²) < 4.78 is 11.3. The fourth-order valence-corrected chi connectivity index (χ4v) is 15.0. The molecule has 5 nitrogen and oxygen atoms in total. The molecule has 0 saturated carbocycles. The van der Waals surface area contributed by atoms with Gasteiger partial charge in [0.05, 0.1) is 16.6 Å². The van der Waals surface area contributed by atoms with Crippen molar-refractivity contribution in [3.63, 3.8) is 0 Å². The Morgan fingerprint density at radius 3 is 1.97 bits per heavy atom. The highest BCUT2D eigenvalue weighted by molar-refractivity contribution is 7.20. The highest BCUT2D eigenvalue weighted by atomic mass is 28.3. The van der Waals surface area contributed by atoms with E-state index in [0.29, 0.717) is 0 Å². The molecule has 1 aliphatic rings. The second-order valence-corrected chi connectivity index (χ2v) is 20.0. The molecule has 7 aromatic carbocycles. The summed E-state index contributed by atoms with van der Waals surface area (Å²) in [5, 5.41) is 11.1. The molecular weight excluding hydrogens is 737 g/mol. The van der Waals surface area contributed by atoms with E-state index >= 15 is 0 Å². The van der Waals surface area contributed by atoms with Gasteiger partial charge in [-0.2, -0.15) is 0 Å². The van der Waals surface area contributed by atoms with Crippen LogP contribution in [0.1, 0.15) is 25.0 Å². The van der Waals surface area contributed by atoms with Crippen molar-refractivity contribution in [1.82, 2.24) is 18.9 Å². The number of para-hydroxylation sites is 2. The van der Waals surface area contributed by atoms with Gasteiger partial charge in [-0.1, -0.05) is 147 Å². The first-order valence-electron chi connectivity index (χ1n) is 20.2. The molecular formula is C53H38N4OSi. The lowest BCUT2D eigenvalue weighted by atomic mass is 9.74. The van der Waals surface area contributed by atoms with E-state index in [4.69, 9.17) is 14.7 Å². The van der Waals surface area contributed by atoms with Crippen molar-refractivity contribution >= 4 is 77.9 Å². The predicted octanol–water partition coefficient (Wildman–Crippen LogP) is 9.94. The van der Waals surface area contributed by atoms with E-state index in [-0.39, 0.29) is 5.41 Å². The van der Waals surface area contributed by atoms with Crippen LogP contribution in [0.5, 0.6) is 11.5 Å². The summed E-state index contributed by atoms with van der Waals surface area (Å²) >= 11 is 0. The van der Waals surface area contributed by atoms with Crippen molar-refractivity contribution in [2.24, 2.45) is 0 Å². The average Bonchev–Trinajstić information content (AvgIpc) is 3.92. The normalized spacial score (nSPS) is 13.5. The maximum absolute atomic E-state index is 6.70. The standard InChI is InChI=1S/C53H38N4OSi/c1-53(2)43-20-10-12-22-47(43)58-48-29-28-45-50(51(48)53)41-27-25-38(34-46(41)57(45)49-23-13-14-30-54-49)59(35-15-5-3-6-16-35,36-17-7-4-8-18-36)37-24-26-39-40-19-9-11-21-44(40)56-32-31-55-52(56)42(39)33-37/h3-34H,1-2H3. The third kappa shape index (κ3) is 4.72. The molecule has 0 atom stereocenters. The third-order valence-corrected chi connectivity index (χ3v) is 17.6. The highest BCUT2D eigenvalue weighted by Crippen LogP contribution is 2.52. The van der Waals surface area contributed by atoms with Crippen LogP contribution in [0.2, 0.25) is 0 Å². The van der Waals surface area contributed by atoms with Gasteiger partial charge in [0.2, 0.25) is 0 Å². The number of pyridine rings is 2. The SMILES string of the molecule is CC1(C)c2ccccc2Oc2ccc3c(c21)c1ccc([Si](c2ccccc2)(c2ccccc2)c2ccc4c5ccccc5n5ccnc5c4c2)cc1n3-c1ccccn1. The van der Waals surface area contributed by atoms with Crippen molar-refractivity contribution < 1.29 is 4.74 Å². The number of hydrogen-bond acceptors (Lipinski definition) is 3. The van der Waals surface area contributed by atoms with Crippen LogP contribution in [0.25, 0.3) is 54.9 Å². The van der Waals surface area contributed by atoms with Gasteiger partial charge in [-0.3, -0.25) is 8.97 Å². The van der Waals surface area contributed by atoms with Crippen LogP contribution in [0.15, 0.2) is 195 Å². The van der Waals surface area contributed by atoms with Gasteiger partial charge >= 0.3 is 0 Å². The van der Waals surface area contributed by atoms with E-state index < -0.39 is 8.07 Å². The van der Waals surface area contributed by atoms with Gasteiger partial charge in [0.1, 0.15) is 23.0 Å². The number of imidazole rings is 1. The topological polar surface area (TPSA) is 44.4 Å². The lowest BCUT2D eigenvalue weighted by Gasteiger charge is -2.35. The summed E-state index contributed by atoms with van der Waals surface area (Å²) in [7, 11) is -3.04. The predicted molar refractivity (Wildman–Crippen MR) is 245 cm³/mol. The molecule has 0 saturated heterocycles. The third-order valence-electron chi connectivity index (χ3n) is 12.8. The smallest absolute Gasteiger partial charge is 0.179 e. The first-order valence-corrected chi connectivity index (χ1v) is 22.2. The lowest BCUT2D eigenvalue weighted by molar-refractivity contribution is 0.420. The monoisotopic (exact) mass is 774 g/mol. The highest BCUT2D eigenvalue weighted by Gasteiger charge is 2.43. The Balaban J connectivity index is 1.22. The Bertz CT molecular complexity index is 3410. The van der Waals surface area contributed by atoms with Gasteiger partial charge in [-0.15, -0.1) is 0 Å². The van der Waals surface area contributed by atoms with Crippen molar-refractivity contribution in [3.05, 3.63) is 206 Å². The van der Waals surface area contributed by atoms with E-state index in [0.717, 1.165) is 44.9 Å². The summed E-state index contributed by atoms with van der Waals surface area (Å²) in [5.41, 5.74) is 6.41. The molecule has 0 aliphatic carbocycles. The fraction of sp³-hybridized carbons (Fsp3) is 0.0566. The number of fused-ring (bicyclic) bond motifs is 12. The maximum Gasteiger partial charge on any atom is 0.179 e. The maximum atomic E-state index is 6.70. The van der Waals surface area contributed by atoms with Gasteiger partial charge in [-0.25, -0.2) is 9.97 Å². The molecule has 0 bridgehead atoms. The van der Waals surface area contributed by atoms with E-state index in [1.807, 2.05) is 18.5 Å². The molecule has 11 aromatic rings. The second kappa shape index (κ2) is 12.6. The zero-order valence-electron chi connectivity index (χ0n) is 32.7. The number of benzene rings is 7. The molecule has 0 radical (unpaired) electrons. The Labute approximate surface area is 342 Å². The number of ether oxygens (including phenoxy) is 1. The van der Waals surface area contributed by atoms with E-state index in [1.165, 1.54) is 53.4 Å². The second-order valence-electron chi connectivity index (χ2n) is 16.2. The summed E-state index contributed by atoms with van der Waals surface area (Å²) in [6.45, 7) is 4.65. The summed E-state index contributed by atoms with van der Waals surface area (Å²) in [6.07, 6.45) is 5.89. The largest absolute Gasteiger partial charge is 0.457 e. The van der Waals surface area contributed by atoms with Crippen LogP contribution < -0.4 is 25.5 Å². The minimum Gasteiger partial charge on any atom is -0.457 e. The van der Waals surface area contributed by atoms with Crippen LogP contribution in [0.4, 0.5) is 0 Å². The molecule has 4 aromatic heterocycles. The molecule has 0 unspecified atom stereocenters. The Hall–Kier alpha value is -7.28. The van der Waals surface area contributed by atoms with Gasteiger partial charge in [0, 0.05) is 56.7 Å². The number of nitrogens with zero attached hydrogens (tertiary/aromatic N) is 4. The van der Waals surface area contributed by atoms with Crippen molar-refractivity contribution in [3.8, 4) is 17.3 Å². The van der Waals surface area contributed by atoms with E-state index in [2.05, 4.69) is 199 Å². The Kier molecular flexibility index (Phi) is 7.23. The van der Waals surface area contributed by atoms with Gasteiger partial charge in [0.15, 0.2) is 8.07 Å². The zero-order valence-corrected chi connectivity index (χ0v) is 33.7. The zero-order chi connectivity index (χ0) is 39.3. The molecule has 0 amide bonds. The molecule has 280 valence electrons. The molecule has 59 heavy (non-hydrogen) atoms. The first-order chi connectivity index (χ1) is 29.0. The molecule has 0 N–H and O–H groups in total. The fourth-order valence-electron chi connectivity index (χ4n) is 10.3. The Morgan fingerprint density at radius 2 is 1.19 bits per heavy atom. The van der Waals surface area contributed by atoms with Crippen LogP contribution in [0, 0.1) is 0 Å². The van der Waals surface area contributed by atoms with Crippen molar-refractivity contribution in [1.29, 1.82) is 0 Å². The number of hydrogen-bond donors (Lipinski definition) is 0. The quantitative estimate of drug-likeness (QED) is 0.0994. The van der Waals surface area contributed by atoms with Gasteiger partial charge < -0.3 is 4.74 Å². The summed E-state index contributed by atoms with van der Waals surface area (Å²) in [5.74, 6) is 2.69. The number of aromatic nitrogens is 4. The van der Waals surface area contributed by atoms with E-state index in [9.17, 15) is 0 Å². The van der Waals surface area contributed by atoms with Crippen LogP contribution in [-0.4, -0.2) is 27.0 Å². The van der Waals surface area contributed by atoms with Gasteiger partial charge in [-0.05, 0) is 68.6 Å². The van der Waals surface area contributed by atoms with E-state index in [1.54, 1.807) is 0 Å². The molecule has 0 fully saturated rings. The molecule has 12 rings (SSSR count). The van der Waals surface area contributed by atoms with Crippen LogP contribution >= 0.6 is 0 Å². The van der Waals surface area contributed by atoms with Crippen LogP contribution in [-0.2, 0) is 5.41 Å². The number of rotatable bonds is 5. The molecule has 6 heteroatoms. The summed E-state index contributed by atoms with van der Waals surface area (Å²) in [4.78, 5) is 9.96. The minimum absolute atomic E-state index is 0.314. The first kappa shape index (κ1) is 33.8. The van der Waals surface area contributed by atoms with Gasteiger partial charge in [0.25, 0.3) is 0 Å². The minimum atomic E-state index is -3.04. The Morgan fingerprint density at radius 1 is 0.492 bits per heavy atom. The summed E-state index contributed by atoms with van der Waals surface area (Å²) in [6, 6.07) is 64.4. The molecule has 0 spiro atoms. The molecule has 5 heterocycles. The average molecular weight is 775 g/mol. The molecule has 1 aliphatic heterocycles. The lowest BCUT2D eigenvalue weighted by Crippen LogP contribution is -2.74.